The molecule has 0 bridgehead atoms. The van der Waals surface area contributed by atoms with Crippen LogP contribution in [0.1, 0.15) is 22.8 Å². The van der Waals surface area contributed by atoms with Crippen LogP contribution in [0.3, 0.4) is 0 Å². The monoisotopic (exact) mass is 550 g/mol. The zero-order chi connectivity index (χ0) is 27.6. The Morgan fingerprint density at radius 3 is 2.59 bits per heavy atom. The molecule has 0 fully saturated rings. The minimum atomic E-state index is -4.63. The lowest BCUT2D eigenvalue weighted by atomic mass is 10.0. The van der Waals surface area contributed by atoms with Crippen molar-refractivity contribution in [3.63, 3.8) is 0 Å². The summed E-state index contributed by atoms with van der Waals surface area (Å²) >= 11 is 1.27. The second kappa shape index (κ2) is 10.5. The Bertz CT molecular complexity index is 1690. The Morgan fingerprint density at radius 1 is 1.00 bits per heavy atom. The van der Waals surface area contributed by atoms with E-state index in [-0.39, 0.29) is 34.3 Å². The van der Waals surface area contributed by atoms with Gasteiger partial charge in [0.25, 0.3) is 5.91 Å². The summed E-state index contributed by atoms with van der Waals surface area (Å²) in [5, 5.41) is 5.56. The van der Waals surface area contributed by atoms with Gasteiger partial charge in [0.05, 0.1) is 27.2 Å². The van der Waals surface area contributed by atoms with Crippen molar-refractivity contribution in [3.05, 3.63) is 84.4 Å². The maximum Gasteiger partial charge on any atom is 0.416 e. The van der Waals surface area contributed by atoms with Crippen LogP contribution in [-0.2, 0) is 11.0 Å². The average molecular weight is 551 g/mol. The lowest BCUT2D eigenvalue weighted by Crippen LogP contribution is -2.14. The molecule has 9 nitrogen and oxygen atoms in total. The number of aromatic nitrogens is 4. The molecule has 2 N–H and O–H groups in total. The lowest BCUT2D eigenvalue weighted by molar-refractivity contribution is -0.137. The molecule has 5 rings (SSSR count). The highest BCUT2D eigenvalue weighted by Gasteiger charge is 2.31. The van der Waals surface area contributed by atoms with Gasteiger partial charge >= 0.3 is 6.18 Å². The molecule has 13 heteroatoms. The number of nitrogens with zero attached hydrogens (tertiary/aromatic N) is 4. The first-order valence-corrected chi connectivity index (χ1v) is 12.1. The molecule has 3 aromatic heterocycles. The third-order valence-corrected chi connectivity index (χ3v) is 6.25. The van der Waals surface area contributed by atoms with Crippen molar-refractivity contribution in [1.82, 2.24) is 19.9 Å². The van der Waals surface area contributed by atoms with Gasteiger partial charge in [-0.25, -0.2) is 15.0 Å². The molecule has 39 heavy (non-hydrogen) atoms. The fourth-order valence-corrected chi connectivity index (χ4v) is 4.53. The van der Waals surface area contributed by atoms with Gasteiger partial charge in [0.15, 0.2) is 10.9 Å². The van der Waals surface area contributed by atoms with E-state index in [1.165, 1.54) is 61.2 Å². The summed E-state index contributed by atoms with van der Waals surface area (Å²) < 4.78 is 47.1. The quantitative estimate of drug-likeness (QED) is 0.260. The molecular weight excluding hydrogens is 533 g/mol. The van der Waals surface area contributed by atoms with Crippen molar-refractivity contribution in [1.29, 1.82) is 0 Å². The molecule has 0 aliphatic heterocycles. The minimum Gasteiger partial charge on any atom is -0.437 e. The Kier molecular flexibility index (Phi) is 6.90. The average Bonchev–Trinajstić information content (AvgIpc) is 3.31. The van der Waals surface area contributed by atoms with Gasteiger partial charge in [-0.2, -0.15) is 13.2 Å². The second-order valence-electron chi connectivity index (χ2n) is 8.10. The number of pyridine rings is 1. The van der Waals surface area contributed by atoms with Gasteiger partial charge in [-0.15, -0.1) is 0 Å². The molecular formula is C26H17F3N6O3S. The predicted molar refractivity (Wildman–Crippen MR) is 139 cm³/mol. The highest BCUT2D eigenvalue weighted by molar-refractivity contribution is 7.22. The molecule has 0 spiro atoms. The standard InChI is InChI=1S/C26H17F3N6O3S/c1-14(36)33-25-35-23-20(5-2-6-21(23)39-25)38-22-11-18(31-13-32-22)17-8-7-16(26(27,28)29)10-19(17)34-24(37)15-4-3-9-30-12-15/h2-13H,1H3,(H,34,37)(H,33,35,36). The molecule has 196 valence electrons. The van der Waals surface area contributed by atoms with Crippen molar-refractivity contribution in [2.24, 2.45) is 0 Å². The first kappa shape index (κ1) is 25.7. The number of benzene rings is 2. The van der Waals surface area contributed by atoms with Crippen LogP contribution in [0.15, 0.2) is 73.3 Å². The third-order valence-electron chi connectivity index (χ3n) is 5.32. The van der Waals surface area contributed by atoms with E-state index in [1.54, 1.807) is 12.1 Å². The number of halogens is 3. The first-order valence-electron chi connectivity index (χ1n) is 11.3. The molecule has 2 amide bonds. The summed E-state index contributed by atoms with van der Waals surface area (Å²) in [5.74, 6) is -0.465. The van der Waals surface area contributed by atoms with Crippen molar-refractivity contribution in [2.75, 3.05) is 10.6 Å². The normalized spacial score (nSPS) is 11.3. The molecule has 2 aromatic carbocycles. The number of carbonyl (C=O) groups is 2. The van der Waals surface area contributed by atoms with Crippen molar-refractivity contribution in [3.8, 4) is 22.9 Å². The number of fused-ring (bicyclic) bond motifs is 1. The van der Waals surface area contributed by atoms with E-state index in [0.717, 1.165) is 16.8 Å². The van der Waals surface area contributed by atoms with E-state index in [9.17, 15) is 22.8 Å². The number of thiazole rings is 1. The fraction of sp³-hybridized carbons (Fsp3) is 0.0769. The van der Waals surface area contributed by atoms with Crippen LogP contribution in [-0.4, -0.2) is 31.8 Å². The molecule has 3 heterocycles. The number of hydrogen-bond acceptors (Lipinski definition) is 8. The number of rotatable bonds is 6. The molecule has 5 aromatic rings. The Hall–Kier alpha value is -4.91. The van der Waals surface area contributed by atoms with Crippen molar-refractivity contribution < 1.29 is 27.5 Å². The van der Waals surface area contributed by atoms with Crippen molar-refractivity contribution in [2.45, 2.75) is 13.1 Å². The molecule has 0 saturated carbocycles. The van der Waals surface area contributed by atoms with E-state index in [4.69, 9.17) is 4.74 Å². The molecule has 0 radical (unpaired) electrons. The predicted octanol–water partition coefficient (Wildman–Crippen LogP) is 6.17. The largest absolute Gasteiger partial charge is 0.437 e. The van der Waals surface area contributed by atoms with Gasteiger partial charge in [0.1, 0.15) is 11.8 Å². The number of alkyl halides is 3. The SMILES string of the molecule is CC(=O)Nc1nc2c(Oc3cc(-c4ccc(C(F)(F)F)cc4NC(=O)c4cccnc4)ncn3)cccc2s1. The number of amides is 2. The Labute approximate surface area is 222 Å². The van der Waals surface area contributed by atoms with Crippen LogP contribution in [0.4, 0.5) is 24.0 Å². The van der Waals surface area contributed by atoms with E-state index in [0.29, 0.717) is 16.4 Å². The van der Waals surface area contributed by atoms with Gasteiger partial charge in [-0.3, -0.25) is 14.6 Å². The Balaban J connectivity index is 1.50. The summed E-state index contributed by atoms with van der Waals surface area (Å²) in [7, 11) is 0. The zero-order valence-electron chi connectivity index (χ0n) is 20.0. The van der Waals surface area contributed by atoms with E-state index >= 15 is 0 Å². The molecule has 0 aliphatic rings. The minimum absolute atomic E-state index is 0.0889. The van der Waals surface area contributed by atoms with Crippen LogP contribution in [0.2, 0.25) is 0 Å². The molecule has 0 aliphatic carbocycles. The number of nitrogens with one attached hydrogen (secondary N) is 2. The van der Waals surface area contributed by atoms with Gasteiger partial charge in [0, 0.05) is 30.9 Å². The van der Waals surface area contributed by atoms with Crippen LogP contribution in [0, 0.1) is 0 Å². The highest BCUT2D eigenvalue weighted by atomic mass is 32.1. The molecule has 0 atom stereocenters. The Morgan fingerprint density at radius 2 is 1.85 bits per heavy atom. The maximum atomic E-state index is 13.5. The van der Waals surface area contributed by atoms with Crippen LogP contribution >= 0.6 is 11.3 Å². The van der Waals surface area contributed by atoms with Gasteiger partial charge in [-0.05, 0) is 36.4 Å². The number of carbonyl (C=O) groups excluding carboxylic acids is 2. The molecule has 0 unspecified atom stereocenters. The maximum absolute atomic E-state index is 13.5. The van der Waals surface area contributed by atoms with E-state index in [2.05, 4.69) is 30.6 Å². The van der Waals surface area contributed by atoms with Gasteiger partial charge < -0.3 is 15.4 Å². The number of anilines is 2. The van der Waals surface area contributed by atoms with E-state index < -0.39 is 17.6 Å². The summed E-state index contributed by atoms with van der Waals surface area (Å²) in [4.78, 5) is 40.7. The van der Waals surface area contributed by atoms with Crippen LogP contribution in [0.25, 0.3) is 21.5 Å². The number of ether oxygens (including phenoxy) is 1. The van der Waals surface area contributed by atoms with Crippen molar-refractivity contribution >= 4 is 44.2 Å². The zero-order valence-corrected chi connectivity index (χ0v) is 20.8. The highest BCUT2D eigenvalue weighted by Crippen LogP contribution is 2.38. The van der Waals surface area contributed by atoms with E-state index in [1.807, 2.05) is 6.07 Å². The topological polar surface area (TPSA) is 119 Å². The summed E-state index contributed by atoms with van der Waals surface area (Å²) in [6.07, 6.45) is -0.662. The molecule has 0 saturated heterocycles. The second-order valence-corrected chi connectivity index (χ2v) is 9.13. The van der Waals surface area contributed by atoms with Crippen LogP contribution in [0.5, 0.6) is 11.6 Å². The summed E-state index contributed by atoms with van der Waals surface area (Å²) in [6.45, 7) is 1.38. The van der Waals surface area contributed by atoms with Gasteiger partial charge in [-0.1, -0.05) is 23.5 Å². The number of hydrogen-bond donors (Lipinski definition) is 2. The third kappa shape index (κ3) is 5.83. The lowest BCUT2D eigenvalue weighted by Gasteiger charge is -2.15. The summed E-state index contributed by atoms with van der Waals surface area (Å²) in [6, 6.07) is 12.6. The van der Waals surface area contributed by atoms with Gasteiger partial charge in [0.2, 0.25) is 11.8 Å². The first-order chi connectivity index (χ1) is 18.7. The number of para-hydroxylation sites is 1. The fourth-order valence-electron chi connectivity index (χ4n) is 3.60. The summed E-state index contributed by atoms with van der Waals surface area (Å²) in [5.41, 5.74) is 0.0353. The van der Waals surface area contributed by atoms with Crippen LogP contribution < -0.4 is 15.4 Å². The smallest absolute Gasteiger partial charge is 0.416 e.